The highest BCUT2D eigenvalue weighted by molar-refractivity contribution is 8.25. The van der Waals surface area contributed by atoms with Crippen LogP contribution in [0.1, 0.15) is 11.1 Å². The molecule has 0 aliphatic carbocycles. The number of aryl methyl sites for hydroxylation is 2. The molecule has 1 aromatic carbocycles. The molecule has 20 heavy (non-hydrogen) atoms. The molecule has 104 valence electrons. The van der Waals surface area contributed by atoms with Crippen molar-refractivity contribution in [1.82, 2.24) is 5.32 Å². The van der Waals surface area contributed by atoms with E-state index in [2.05, 4.69) is 10.6 Å². The van der Waals surface area contributed by atoms with Gasteiger partial charge in [0.1, 0.15) is 4.32 Å². The third-order valence-electron chi connectivity index (χ3n) is 2.91. The number of benzene rings is 1. The molecule has 0 spiro atoms. The van der Waals surface area contributed by atoms with Gasteiger partial charge in [0.2, 0.25) is 11.7 Å². The van der Waals surface area contributed by atoms with Gasteiger partial charge in [0, 0.05) is 5.69 Å². The second-order valence-electron chi connectivity index (χ2n) is 4.39. The zero-order valence-electron chi connectivity index (χ0n) is 10.9. The smallest absolute Gasteiger partial charge is 0.293 e. The second-order valence-corrected chi connectivity index (χ2v) is 6.17. The minimum absolute atomic E-state index is 0.215. The van der Waals surface area contributed by atoms with Gasteiger partial charge in [-0.2, -0.15) is 0 Å². The highest BCUT2D eigenvalue weighted by Crippen LogP contribution is 2.21. The number of ketones is 1. The molecule has 1 aromatic rings. The van der Waals surface area contributed by atoms with Gasteiger partial charge in [-0.3, -0.25) is 14.4 Å². The van der Waals surface area contributed by atoms with Crippen LogP contribution in [0.5, 0.6) is 0 Å². The van der Waals surface area contributed by atoms with Crippen LogP contribution in [0.4, 0.5) is 5.69 Å². The number of rotatable bonds is 3. The van der Waals surface area contributed by atoms with Crippen LogP contribution in [-0.4, -0.2) is 27.2 Å². The zero-order chi connectivity index (χ0) is 14.9. The van der Waals surface area contributed by atoms with Gasteiger partial charge in [-0.15, -0.1) is 0 Å². The van der Waals surface area contributed by atoms with Crippen molar-refractivity contribution >= 4 is 51.6 Å². The van der Waals surface area contributed by atoms with E-state index in [-0.39, 0.29) is 4.32 Å². The molecule has 2 rings (SSSR count). The first-order chi connectivity index (χ1) is 9.38. The van der Waals surface area contributed by atoms with Crippen molar-refractivity contribution in [1.29, 1.82) is 0 Å². The number of nitrogens with one attached hydrogen (secondary N) is 2. The fourth-order valence-corrected chi connectivity index (χ4v) is 2.80. The normalized spacial score (nSPS) is 17.8. The Kier molecular flexibility index (Phi) is 4.20. The van der Waals surface area contributed by atoms with Crippen molar-refractivity contribution in [3.63, 3.8) is 0 Å². The highest BCUT2D eigenvalue weighted by Gasteiger charge is 2.38. The van der Waals surface area contributed by atoms with E-state index in [4.69, 9.17) is 12.2 Å². The first-order valence-electron chi connectivity index (χ1n) is 5.82. The van der Waals surface area contributed by atoms with E-state index >= 15 is 0 Å². The third kappa shape index (κ3) is 3.05. The van der Waals surface area contributed by atoms with Gasteiger partial charge in [0.05, 0.1) is 0 Å². The number of Topliss-reactive ketones (excluding diaryl/α,β-unsaturated/α-hetero) is 1. The Morgan fingerprint density at radius 2 is 2.00 bits per heavy atom. The molecular weight excluding hydrogens is 296 g/mol. The zero-order valence-corrected chi connectivity index (χ0v) is 12.5. The predicted octanol–water partition coefficient (Wildman–Crippen LogP) is 1.33. The average molecular weight is 308 g/mol. The molecule has 0 radical (unpaired) electrons. The summed E-state index contributed by atoms with van der Waals surface area (Å²) in [5.74, 6) is -2.16. The van der Waals surface area contributed by atoms with Crippen LogP contribution in [0, 0.1) is 13.8 Å². The summed E-state index contributed by atoms with van der Waals surface area (Å²) in [4.78, 5) is 35.2. The monoisotopic (exact) mass is 308 g/mol. The Hall–Kier alpha value is -1.73. The lowest BCUT2D eigenvalue weighted by Gasteiger charge is -2.08. The molecule has 2 amide bonds. The molecular formula is C13H12N2O3S2. The molecule has 0 saturated carbocycles. The van der Waals surface area contributed by atoms with Crippen molar-refractivity contribution in [3.05, 3.63) is 29.3 Å². The van der Waals surface area contributed by atoms with Gasteiger partial charge in [-0.05, 0) is 37.1 Å². The quantitative estimate of drug-likeness (QED) is 0.500. The molecule has 0 bridgehead atoms. The standard InChI is InChI=1S/C13H12N2O3S2/c1-6-3-4-8(5-7(6)2)14-11(17)9(16)10-12(18)15-13(19)20-10/h3-5,10H,1-2H3,(H,14,17)(H,15,18,19). The molecule has 0 aromatic heterocycles. The minimum atomic E-state index is -1.09. The molecule has 7 heteroatoms. The fourth-order valence-electron chi connectivity index (χ4n) is 1.66. The number of amides is 2. The van der Waals surface area contributed by atoms with Crippen LogP contribution in [-0.2, 0) is 14.4 Å². The predicted molar refractivity (Wildman–Crippen MR) is 81.7 cm³/mol. The van der Waals surface area contributed by atoms with Crippen molar-refractivity contribution in [2.45, 2.75) is 19.1 Å². The Morgan fingerprint density at radius 1 is 1.30 bits per heavy atom. The van der Waals surface area contributed by atoms with E-state index in [0.717, 1.165) is 22.9 Å². The van der Waals surface area contributed by atoms with Crippen LogP contribution in [0.25, 0.3) is 0 Å². The summed E-state index contributed by atoms with van der Waals surface area (Å²) in [6.07, 6.45) is 0. The summed E-state index contributed by atoms with van der Waals surface area (Å²) in [5, 5.41) is 3.75. The fraction of sp³-hybridized carbons (Fsp3) is 0.231. The summed E-state index contributed by atoms with van der Waals surface area (Å²) >= 11 is 5.67. The first kappa shape index (κ1) is 14.7. The molecule has 1 aliphatic heterocycles. The Bertz CT molecular complexity index is 628. The first-order valence-corrected chi connectivity index (χ1v) is 7.11. The number of carbonyl (C=O) groups excluding carboxylic acids is 3. The van der Waals surface area contributed by atoms with Gasteiger partial charge >= 0.3 is 0 Å². The van der Waals surface area contributed by atoms with Crippen LogP contribution >= 0.6 is 24.0 Å². The molecule has 1 fully saturated rings. The van der Waals surface area contributed by atoms with E-state index in [1.54, 1.807) is 12.1 Å². The van der Waals surface area contributed by atoms with Gasteiger partial charge in [0.15, 0.2) is 5.25 Å². The highest BCUT2D eigenvalue weighted by atomic mass is 32.2. The van der Waals surface area contributed by atoms with E-state index in [1.165, 1.54) is 0 Å². The summed E-state index contributed by atoms with van der Waals surface area (Å²) in [5.41, 5.74) is 2.62. The molecule has 1 atom stereocenters. The van der Waals surface area contributed by atoms with Crippen molar-refractivity contribution in [2.75, 3.05) is 5.32 Å². The molecule has 1 unspecified atom stereocenters. The number of thiocarbonyl (C=S) groups is 1. The number of hydrogen-bond acceptors (Lipinski definition) is 5. The summed E-state index contributed by atoms with van der Waals surface area (Å²) in [6.45, 7) is 3.86. The van der Waals surface area contributed by atoms with Crippen LogP contribution in [0.2, 0.25) is 0 Å². The largest absolute Gasteiger partial charge is 0.319 e. The topological polar surface area (TPSA) is 75.3 Å². The van der Waals surface area contributed by atoms with Gasteiger partial charge in [0.25, 0.3) is 5.91 Å². The number of anilines is 1. The average Bonchev–Trinajstić information content (AvgIpc) is 2.72. The van der Waals surface area contributed by atoms with Crippen molar-refractivity contribution in [3.8, 4) is 0 Å². The minimum Gasteiger partial charge on any atom is -0.319 e. The van der Waals surface area contributed by atoms with Crippen LogP contribution < -0.4 is 10.6 Å². The lowest BCUT2D eigenvalue weighted by molar-refractivity contribution is -0.136. The number of carbonyl (C=O) groups is 3. The molecule has 5 nitrogen and oxygen atoms in total. The molecule has 1 aliphatic rings. The van der Waals surface area contributed by atoms with E-state index in [9.17, 15) is 14.4 Å². The van der Waals surface area contributed by atoms with Gasteiger partial charge in [-0.25, -0.2) is 0 Å². The maximum absolute atomic E-state index is 11.9. The Labute approximate surface area is 125 Å². The SMILES string of the molecule is Cc1ccc(NC(=O)C(=O)C2SC(=S)NC2=O)cc1C. The summed E-state index contributed by atoms with van der Waals surface area (Å²) < 4.78 is 0.215. The van der Waals surface area contributed by atoms with Crippen LogP contribution in [0.15, 0.2) is 18.2 Å². The lowest BCUT2D eigenvalue weighted by Crippen LogP contribution is -2.37. The third-order valence-corrected chi connectivity index (χ3v) is 4.29. The second kappa shape index (κ2) is 5.72. The molecule has 1 heterocycles. The maximum Gasteiger partial charge on any atom is 0.293 e. The maximum atomic E-state index is 11.9. The van der Waals surface area contributed by atoms with Crippen LogP contribution in [0.3, 0.4) is 0 Å². The van der Waals surface area contributed by atoms with E-state index < -0.39 is 22.8 Å². The van der Waals surface area contributed by atoms with Gasteiger partial charge < -0.3 is 10.6 Å². The lowest BCUT2D eigenvalue weighted by atomic mass is 10.1. The summed E-state index contributed by atoms with van der Waals surface area (Å²) in [6, 6.07) is 5.33. The van der Waals surface area contributed by atoms with Gasteiger partial charge in [-0.1, -0.05) is 30.0 Å². The molecule has 2 N–H and O–H groups in total. The van der Waals surface area contributed by atoms with Crippen molar-refractivity contribution < 1.29 is 14.4 Å². The van der Waals surface area contributed by atoms with E-state index in [0.29, 0.717) is 5.69 Å². The van der Waals surface area contributed by atoms with E-state index in [1.807, 2.05) is 19.9 Å². The Balaban J connectivity index is 2.08. The van der Waals surface area contributed by atoms with Crippen molar-refractivity contribution in [2.24, 2.45) is 0 Å². The Morgan fingerprint density at radius 3 is 2.55 bits per heavy atom. The number of hydrogen-bond donors (Lipinski definition) is 2. The molecule has 1 saturated heterocycles. The number of thioether (sulfide) groups is 1. The summed E-state index contributed by atoms with van der Waals surface area (Å²) in [7, 11) is 0.